The van der Waals surface area contributed by atoms with Crippen LogP contribution in [0.15, 0.2) is 54.6 Å². The summed E-state index contributed by atoms with van der Waals surface area (Å²) in [5, 5.41) is 2.82. The van der Waals surface area contributed by atoms with Gasteiger partial charge in [0, 0.05) is 44.5 Å². The highest BCUT2D eigenvalue weighted by atomic mass is 16.5. The molecule has 2 aliphatic rings. The highest BCUT2D eigenvalue weighted by molar-refractivity contribution is 5.94. The smallest absolute Gasteiger partial charge is 0.317 e. The number of ether oxygens (including phenoxy) is 1. The molecular formula is C27H33N3O4. The lowest BCUT2D eigenvalue weighted by atomic mass is 9.72. The van der Waals surface area contributed by atoms with Gasteiger partial charge in [-0.15, -0.1) is 0 Å². The Morgan fingerprint density at radius 2 is 1.53 bits per heavy atom. The monoisotopic (exact) mass is 463 g/mol. The fourth-order valence-corrected chi connectivity index (χ4v) is 4.95. The highest BCUT2D eigenvalue weighted by Gasteiger charge is 2.44. The van der Waals surface area contributed by atoms with Gasteiger partial charge >= 0.3 is 5.97 Å². The molecule has 2 aromatic rings. The van der Waals surface area contributed by atoms with Crippen LogP contribution in [0.2, 0.25) is 0 Å². The number of anilines is 2. The third-order valence-corrected chi connectivity index (χ3v) is 6.99. The number of rotatable bonds is 6. The second-order valence-electron chi connectivity index (χ2n) is 9.17. The van der Waals surface area contributed by atoms with Gasteiger partial charge in [0.1, 0.15) is 0 Å². The lowest BCUT2D eigenvalue weighted by Gasteiger charge is -2.40. The summed E-state index contributed by atoms with van der Waals surface area (Å²) < 4.78 is 5.53. The fraction of sp³-hybridized carbons (Fsp3) is 0.444. The van der Waals surface area contributed by atoms with E-state index in [9.17, 15) is 14.4 Å². The molecule has 2 saturated heterocycles. The minimum atomic E-state index is -0.858. The summed E-state index contributed by atoms with van der Waals surface area (Å²) in [6, 6.07) is 17.3. The van der Waals surface area contributed by atoms with E-state index in [0.717, 1.165) is 24.3 Å². The molecule has 34 heavy (non-hydrogen) atoms. The van der Waals surface area contributed by atoms with Gasteiger partial charge in [-0.05, 0) is 61.9 Å². The maximum atomic E-state index is 13.3. The second kappa shape index (κ2) is 10.7. The molecular weight excluding hydrogens is 430 g/mol. The third kappa shape index (κ3) is 5.41. The first-order valence-electron chi connectivity index (χ1n) is 12.1. The predicted octanol–water partition coefficient (Wildman–Crippen LogP) is 3.74. The largest absolute Gasteiger partial charge is 0.455 e. The Bertz CT molecular complexity index is 992. The van der Waals surface area contributed by atoms with Crippen molar-refractivity contribution in [1.82, 2.24) is 4.90 Å². The summed E-state index contributed by atoms with van der Waals surface area (Å²) >= 11 is 0. The average molecular weight is 464 g/mol. The van der Waals surface area contributed by atoms with Crippen LogP contribution in [0.1, 0.15) is 44.6 Å². The van der Waals surface area contributed by atoms with Gasteiger partial charge < -0.3 is 19.9 Å². The van der Waals surface area contributed by atoms with Crippen LogP contribution in [-0.2, 0) is 24.5 Å². The van der Waals surface area contributed by atoms with Crippen molar-refractivity contribution in [3.8, 4) is 0 Å². The zero-order valence-corrected chi connectivity index (χ0v) is 19.8. The summed E-state index contributed by atoms with van der Waals surface area (Å²) in [5.41, 5.74) is 1.83. The van der Waals surface area contributed by atoms with E-state index in [-0.39, 0.29) is 18.4 Å². The molecule has 2 aliphatic heterocycles. The zero-order valence-electron chi connectivity index (χ0n) is 19.8. The molecule has 0 aliphatic carbocycles. The van der Waals surface area contributed by atoms with Crippen molar-refractivity contribution in [2.45, 2.75) is 44.4 Å². The Labute approximate surface area is 201 Å². The lowest BCUT2D eigenvalue weighted by Crippen LogP contribution is -2.49. The summed E-state index contributed by atoms with van der Waals surface area (Å²) in [4.78, 5) is 41.7. The van der Waals surface area contributed by atoms with Crippen LogP contribution < -0.4 is 10.2 Å². The number of carbonyl (C=O) groups excluding carboxylic acids is 3. The number of benzene rings is 2. The lowest BCUT2D eigenvalue weighted by molar-refractivity contribution is -0.156. The van der Waals surface area contributed by atoms with Crippen LogP contribution in [0.4, 0.5) is 11.4 Å². The van der Waals surface area contributed by atoms with Crippen LogP contribution in [0.3, 0.4) is 0 Å². The van der Waals surface area contributed by atoms with Crippen LogP contribution in [0, 0.1) is 0 Å². The van der Waals surface area contributed by atoms with Crippen molar-refractivity contribution in [3.63, 3.8) is 0 Å². The van der Waals surface area contributed by atoms with Crippen LogP contribution in [0.5, 0.6) is 0 Å². The molecule has 2 aromatic carbocycles. The minimum Gasteiger partial charge on any atom is -0.455 e. The normalized spacial score (nSPS) is 17.7. The molecule has 0 radical (unpaired) electrons. The second-order valence-corrected chi connectivity index (χ2v) is 9.17. The molecule has 0 unspecified atom stereocenters. The van der Waals surface area contributed by atoms with Gasteiger partial charge in [-0.1, -0.05) is 30.3 Å². The standard InChI is InChI=1S/C27H33N3O4/c1-21(31)29-18-14-27(15-19-29,22-8-4-2-5-9-22)26(33)34-20-25(32)28-23-10-12-24(13-11-23)30-16-6-3-7-17-30/h2,4-5,8-13H,3,6-7,14-20H2,1H3,(H,28,32). The van der Waals surface area contributed by atoms with E-state index in [1.165, 1.54) is 26.2 Å². The molecule has 0 bridgehead atoms. The Hall–Kier alpha value is -3.35. The molecule has 0 saturated carbocycles. The fourth-order valence-electron chi connectivity index (χ4n) is 4.95. The molecule has 0 aromatic heterocycles. The molecule has 1 N–H and O–H groups in total. The highest BCUT2D eigenvalue weighted by Crippen LogP contribution is 2.37. The maximum absolute atomic E-state index is 13.3. The number of amides is 2. The van der Waals surface area contributed by atoms with Crippen molar-refractivity contribution in [3.05, 3.63) is 60.2 Å². The Morgan fingerprint density at radius 1 is 0.882 bits per heavy atom. The molecule has 0 atom stereocenters. The quantitative estimate of drug-likeness (QED) is 0.661. The summed E-state index contributed by atoms with van der Waals surface area (Å²) in [6.07, 6.45) is 4.64. The van der Waals surface area contributed by atoms with E-state index in [0.29, 0.717) is 31.6 Å². The van der Waals surface area contributed by atoms with Gasteiger partial charge in [-0.25, -0.2) is 0 Å². The van der Waals surface area contributed by atoms with E-state index in [2.05, 4.69) is 10.2 Å². The van der Waals surface area contributed by atoms with E-state index in [1.807, 2.05) is 54.6 Å². The molecule has 0 spiro atoms. The summed E-state index contributed by atoms with van der Waals surface area (Å²) in [7, 11) is 0. The van der Waals surface area contributed by atoms with Gasteiger partial charge in [0.25, 0.3) is 5.91 Å². The first-order chi connectivity index (χ1) is 16.5. The van der Waals surface area contributed by atoms with Crippen molar-refractivity contribution in [2.75, 3.05) is 43.0 Å². The number of hydrogen-bond acceptors (Lipinski definition) is 5. The Kier molecular flexibility index (Phi) is 7.50. The first-order valence-corrected chi connectivity index (χ1v) is 12.1. The molecule has 4 rings (SSSR count). The predicted molar refractivity (Wildman–Crippen MR) is 132 cm³/mol. The van der Waals surface area contributed by atoms with E-state index in [1.54, 1.807) is 4.90 Å². The van der Waals surface area contributed by atoms with Gasteiger partial charge in [0.15, 0.2) is 6.61 Å². The first kappa shape index (κ1) is 23.8. The number of nitrogens with one attached hydrogen (secondary N) is 1. The topological polar surface area (TPSA) is 78.9 Å². The number of likely N-dealkylation sites (tertiary alicyclic amines) is 1. The SMILES string of the molecule is CC(=O)N1CCC(C(=O)OCC(=O)Nc2ccc(N3CCCCC3)cc2)(c2ccccc2)CC1. The number of hydrogen-bond donors (Lipinski definition) is 1. The molecule has 2 fully saturated rings. The Balaban J connectivity index is 1.36. The van der Waals surface area contributed by atoms with Crippen LogP contribution in [-0.4, -0.2) is 55.5 Å². The van der Waals surface area contributed by atoms with Crippen molar-refractivity contribution >= 4 is 29.2 Å². The number of piperidine rings is 2. The Morgan fingerprint density at radius 3 is 2.15 bits per heavy atom. The van der Waals surface area contributed by atoms with Crippen LogP contribution in [0.25, 0.3) is 0 Å². The zero-order chi connectivity index (χ0) is 24.0. The minimum absolute atomic E-state index is 0.000659. The van der Waals surface area contributed by atoms with Gasteiger partial charge in [-0.2, -0.15) is 0 Å². The van der Waals surface area contributed by atoms with E-state index < -0.39 is 11.4 Å². The molecule has 7 nitrogen and oxygen atoms in total. The average Bonchev–Trinajstić information content (AvgIpc) is 2.88. The van der Waals surface area contributed by atoms with Crippen LogP contribution >= 0.6 is 0 Å². The number of carbonyl (C=O) groups is 3. The number of esters is 1. The van der Waals surface area contributed by atoms with Crippen molar-refractivity contribution in [2.24, 2.45) is 0 Å². The molecule has 7 heteroatoms. The van der Waals surface area contributed by atoms with E-state index in [4.69, 9.17) is 4.74 Å². The van der Waals surface area contributed by atoms with Gasteiger partial charge in [-0.3, -0.25) is 14.4 Å². The van der Waals surface area contributed by atoms with E-state index >= 15 is 0 Å². The molecule has 180 valence electrons. The number of nitrogens with zero attached hydrogens (tertiary/aromatic N) is 2. The third-order valence-electron chi connectivity index (χ3n) is 6.99. The van der Waals surface area contributed by atoms with Crippen molar-refractivity contribution < 1.29 is 19.1 Å². The van der Waals surface area contributed by atoms with Gasteiger partial charge in [0.05, 0.1) is 5.41 Å². The summed E-state index contributed by atoms with van der Waals surface area (Å²) in [6.45, 7) is 4.28. The van der Waals surface area contributed by atoms with Gasteiger partial charge in [0.2, 0.25) is 5.91 Å². The molecule has 2 amide bonds. The molecule has 2 heterocycles. The maximum Gasteiger partial charge on any atom is 0.317 e. The van der Waals surface area contributed by atoms with Crippen molar-refractivity contribution in [1.29, 1.82) is 0 Å². The summed E-state index contributed by atoms with van der Waals surface area (Å²) in [5.74, 6) is -0.790.